The molecule has 0 aliphatic rings. The summed E-state index contributed by atoms with van der Waals surface area (Å²) in [5, 5.41) is 0. The highest BCUT2D eigenvalue weighted by Gasteiger charge is 2.17. The first-order chi connectivity index (χ1) is 9.04. The molecule has 0 amide bonds. The quantitative estimate of drug-likeness (QED) is 0.672. The lowest BCUT2D eigenvalue weighted by atomic mass is 10.1. The van der Waals surface area contributed by atoms with Crippen LogP contribution < -0.4 is 0 Å². The Morgan fingerprint density at radius 1 is 1.26 bits per heavy atom. The number of aromatic nitrogens is 1. The average molecular weight is 264 g/mol. The van der Waals surface area contributed by atoms with Crippen molar-refractivity contribution in [1.82, 2.24) is 9.47 Å². The third-order valence-corrected chi connectivity index (χ3v) is 3.83. The van der Waals surface area contributed by atoms with Crippen LogP contribution in [0.3, 0.4) is 0 Å². The minimum atomic E-state index is 0.255. The van der Waals surface area contributed by atoms with Crippen LogP contribution in [-0.4, -0.2) is 34.9 Å². The number of aryl methyl sites for hydroxylation is 1. The van der Waals surface area contributed by atoms with Crippen LogP contribution in [0.15, 0.2) is 6.07 Å². The molecular weight excluding hydrogens is 236 g/mol. The van der Waals surface area contributed by atoms with E-state index < -0.39 is 0 Å². The molecule has 19 heavy (non-hydrogen) atoms. The minimum Gasteiger partial charge on any atom is -0.349 e. The Hall–Kier alpha value is -1.09. The molecule has 108 valence electrons. The van der Waals surface area contributed by atoms with E-state index in [0.717, 1.165) is 37.3 Å². The zero-order chi connectivity index (χ0) is 14.4. The van der Waals surface area contributed by atoms with E-state index in [2.05, 4.69) is 37.2 Å². The highest BCUT2D eigenvalue weighted by Crippen LogP contribution is 2.16. The molecule has 0 atom stereocenters. The molecule has 0 aliphatic heterocycles. The van der Waals surface area contributed by atoms with E-state index in [-0.39, 0.29) is 5.78 Å². The summed E-state index contributed by atoms with van der Waals surface area (Å²) in [6.07, 6.45) is 2.34. The molecular formula is C16H28N2O. The lowest BCUT2D eigenvalue weighted by Gasteiger charge is -2.19. The van der Waals surface area contributed by atoms with Crippen LogP contribution in [-0.2, 0) is 6.54 Å². The van der Waals surface area contributed by atoms with Gasteiger partial charge in [-0.1, -0.05) is 20.3 Å². The largest absolute Gasteiger partial charge is 0.349 e. The Morgan fingerprint density at radius 3 is 2.42 bits per heavy atom. The first kappa shape index (κ1) is 16.0. The number of unbranched alkanes of at least 4 members (excludes halogenated alkanes) is 1. The lowest BCUT2D eigenvalue weighted by molar-refractivity contribution is 0.0932. The van der Waals surface area contributed by atoms with Crippen LogP contribution in [0.2, 0.25) is 0 Å². The Bertz CT molecular complexity index is 421. The number of Topliss-reactive ketones (excluding diaryl/α,β-unsaturated/α-hetero) is 1. The van der Waals surface area contributed by atoms with E-state index in [1.165, 1.54) is 12.1 Å². The van der Waals surface area contributed by atoms with Crippen molar-refractivity contribution in [3.63, 3.8) is 0 Å². The second-order valence-electron chi connectivity index (χ2n) is 5.17. The lowest BCUT2D eigenvalue weighted by Crippen LogP contribution is -2.30. The molecule has 0 N–H and O–H groups in total. The van der Waals surface area contributed by atoms with Gasteiger partial charge in [0.25, 0.3) is 0 Å². The number of likely N-dealkylation sites (N-methyl/N-ethyl adjacent to an activating group) is 1. The standard InChI is InChI=1S/C16H28N2O/c1-6-9-10-17(7-2)12-16(19)15-11-13(4)18(8-3)14(15)5/h11H,6-10,12H2,1-5H3. The van der Waals surface area contributed by atoms with Crippen molar-refractivity contribution in [1.29, 1.82) is 0 Å². The molecule has 1 rings (SSSR count). The molecule has 0 spiro atoms. The summed E-state index contributed by atoms with van der Waals surface area (Å²) >= 11 is 0. The minimum absolute atomic E-state index is 0.255. The van der Waals surface area contributed by atoms with Crippen molar-refractivity contribution >= 4 is 5.78 Å². The van der Waals surface area contributed by atoms with E-state index in [9.17, 15) is 4.79 Å². The molecule has 3 nitrogen and oxygen atoms in total. The summed E-state index contributed by atoms with van der Waals surface area (Å²) < 4.78 is 2.20. The number of ketones is 1. The smallest absolute Gasteiger partial charge is 0.178 e. The molecule has 0 radical (unpaired) electrons. The maximum atomic E-state index is 12.4. The van der Waals surface area contributed by atoms with Crippen LogP contribution >= 0.6 is 0 Å². The number of carbonyl (C=O) groups excluding carboxylic acids is 1. The van der Waals surface area contributed by atoms with Gasteiger partial charge in [0.05, 0.1) is 6.54 Å². The average Bonchev–Trinajstić information content (AvgIpc) is 2.69. The number of hydrogen-bond acceptors (Lipinski definition) is 2. The number of nitrogens with zero attached hydrogens (tertiary/aromatic N) is 2. The zero-order valence-electron chi connectivity index (χ0n) is 13.1. The van der Waals surface area contributed by atoms with E-state index in [1.54, 1.807) is 0 Å². The van der Waals surface area contributed by atoms with Crippen molar-refractivity contribution in [2.75, 3.05) is 19.6 Å². The van der Waals surface area contributed by atoms with Crippen LogP contribution in [0, 0.1) is 13.8 Å². The van der Waals surface area contributed by atoms with Crippen molar-refractivity contribution in [3.05, 3.63) is 23.0 Å². The molecule has 0 saturated carbocycles. The van der Waals surface area contributed by atoms with Gasteiger partial charge >= 0.3 is 0 Å². The van der Waals surface area contributed by atoms with Crippen LogP contribution in [0.4, 0.5) is 0 Å². The van der Waals surface area contributed by atoms with Crippen molar-refractivity contribution < 1.29 is 4.79 Å². The van der Waals surface area contributed by atoms with Crippen LogP contribution in [0.1, 0.15) is 55.4 Å². The summed E-state index contributed by atoms with van der Waals surface area (Å²) in [7, 11) is 0. The Balaban J connectivity index is 2.77. The highest BCUT2D eigenvalue weighted by molar-refractivity contribution is 5.99. The fourth-order valence-corrected chi connectivity index (χ4v) is 2.59. The predicted octanol–water partition coefficient (Wildman–Crippen LogP) is 3.43. The number of carbonyl (C=O) groups is 1. The monoisotopic (exact) mass is 264 g/mol. The van der Waals surface area contributed by atoms with Crippen LogP contribution in [0.25, 0.3) is 0 Å². The molecule has 0 unspecified atom stereocenters. The number of hydrogen-bond donors (Lipinski definition) is 0. The third kappa shape index (κ3) is 3.93. The van der Waals surface area contributed by atoms with Gasteiger partial charge in [-0.15, -0.1) is 0 Å². The molecule has 0 aliphatic carbocycles. The summed E-state index contributed by atoms with van der Waals surface area (Å²) in [6, 6.07) is 2.04. The normalized spacial score (nSPS) is 11.3. The second kappa shape index (κ2) is 7.49. The Labute approximate surface area is 117 Å². The van der Waals surface area contributed by atoms with E-state index in [0.29, 0.717) is 6.54 Å². The van der Waals surface area contributed by atoms with E-state index in [4.69, 9.17) is 0 Å². The predicted molar refractivity (Wildman–Crippen MR) is 80.9 cm³/mol. The summed E-state index contributed by atoms with van der Waals surface area (Å²) in [4.78, 5) is 14.7. The fraction of sp³-hybridized carbons (Fsp3) is 0.688. The first-order valence-corrected chi connectivity index (χ1v) is 7.47. The van der Waals surface area contributed by atoms with E-state index >= 15 is 0 Å². The molecule has 1 aromatic heterocycles. The van der Waals surface area contributed by atoms with Crippen molar-refractivity contribution in [3.8, 4) is 0 Å². The maximum Gasteiger partial charge on any atom is 0.178 e. The topological polar surface area (TPSA) is 25.2 Å². The van der Waals surface area contributed by atoms with Gasteiger partial charge in [-0.25, -0.2) is 0 Å². The van der Waals surface area contributed by atoms with Gasteiger partial charge in [0.2, 0.25) is 0 Å². The molecule has 0 saturated heterocycles. The summed E-state index contributed by atoms with van der Waals surface area (Å²) in [5.74, 6) is 0.255. The van der Waals surface area contributed by atoms with Crippen molar-refractivity contribution in [2.24, 2.45) is 0 Å². The van der Waals surface area contributed by atoms with Gasteiger partial charge in [-0.2, -0.15) is 0 Å². The molecule has 0 bridgehead atoms. The highest BCUT2D eigenvalue weighted by atomic mass is 16.1. The van der Waals surface area contributed by atoms with Gasteiger partial charge in [0.15, 0.2) is 5.78 Å². The fourth-order valence-electron chi connectivity index (χ4n) is 2.59. The van der Waals surface area contributed by atoms with Crippen molar-refractivity contribution in [2.45, 2.75) is 54.0 Å². The van der Waals surface area contributed by atoms with Gasteiger partial charge in [0, 0.05) is 23.5 Å². The first-order valence-electron chi connectivity index (χ1n) is 7.47. The van der Waals surface area contributed by atoms with Gasteiger partial charge in [-0.3, -0.25) is 9.69 Å². The second-order valence-corrected chi connectivity index (χ2v) is 5.17. The van der Waals surface area contributed by atoms with Gasteiger partial charge in [0.1, 0.15) is 0 Å². The third-order valence-electron chi connectivity index (χ3n) is 3.83. The molecule has 3 heteroatoms. The molecule has 0 aromatic carbocycles. The summed E-state index contributed by atoms with van der Waals surface area (Å²) in [6.45, 7) is 14.0. The zero-order valence-corrected chi connectivity index (χ0v) is 13.1. The van der Waals surface area contributed by atoms with E-state index in [1.807, 2.05) is 13.0 Å². The SMILES string of the molecule is CCCCN(CC)CC(=O)c1cc(C)n(CC)c1C. The van der Waals surface area contributed by atoms with Gasteiger partial charge < -0.3 is 4.57 Å². The maximum absolute atomic E-state index is 12.4. The van der Waals surface area contributed by atoms with Gasteiger partial charge in [-0.05, 0) is 46.3 Å². The Morgan fingerprint density at radius 2 is 1.95 bits per heavy atom. The van der Waals surface area contributed by atoms with Crippen LogP contribution in [0.5, 0.6) is 0 Å². The summed E-state index contributed by atoms with van der Waals surface area (Å²) in [5.41, 5.74) is 3.19. The number of rotatable bonds is 8. The molecule has 1 heterocycles. The molecule has 0 fully saturated rings. The molecule has 1 aromatic rings. The Kier molecular flexibility index (Phi) is 6.29.